The van der Waals surface area contributed by atoms with Crippen LogP contribution in [0.5, 0.6) is 5.75 Å². The molecule has 0 aromatic heterocycles. The van der Waals surface area contributed by atoms with E-state index in [4.69, 9.17) is 16.3 Å². The minimum atomic E-state index is -0.593. The topological polar surface area (TPSA) is 38.3 Å². The summed E-state index contributed by atoms with van der Waals surface area (Å²) in [5, 5.41) is 3.55. The number of carbonyl (C=O) groups is 1. The summed E-state index contributed by atoms with van der Waals surface area (Å²) in [6.07, 6.45) is -0.0375. The smallest absolute Gasteiger partial charge is 0.265 e. The Kier molecular flexibility index (Phi) is 6.27. The number of amides is 1. The molecule has 2 aromatic carbocycles. The second kappa shape index (κ2) is 8.20. The normalized spacial score (nSPS) is 12.1. The van der Waals surface area contributed by atoms with Crippen molar-refractivity contribution >= 4 is 23.2 Å². The summed E-state index contributed by atoms with van der Waals surface area (Å²) in [5.74, 6) is 0.688. The monoisotopic (exact) mass is 345 g/mol. The third-order valence-corrected chi connectivity index (χ3v) is 4.26. The fourth-order valence-corrected chi connectivity index (χ4v) is 2.74. The summed E-state index contributed by atoms with van der Waals surface area (Å²) in [4.78, 5) is 12.7. The third kappa shape index (κ3) is 4.30. The van der Waals surface area contributed by atoms with E-state index in [2.05, 4.69) is 19.2 Å². The van der Waals surface area contributed by atoms with E-state index in [0.29, 0.717) is 23.1 Å². The van der Waals surface area contributed by atoms with Gasteiger partial charge in [-0.25, -0.2) is 0 Å². The largest absolute Gasteiger partial charge is 0.479 e. The average molecular weight is 346 g/mol. The van der Waals surface area contributed by atoms with Crippen LogP contribution in [0.1, 0.15) is 44.2 Å². The summed E-state index contributed by atoms with van der Waals surface area (Å²) >= 11 is 6.13. The zero-order valence-corrected chi connectivity index (χ0v) is 15.4. The number of para-hydroxylation sites is 2. The minimum Gasteiger partial charge on any atom is -0.479 e. The molecule has 0 radical (unpaired) electrons. The molecule has 0 spiro atoms. The number of nitrogens with one attached hydrogen (secondary N) is 1. The van der Waals surface area contributed by atoms with Crippen molar-refractivity contribution in [2.45, 2.75) is 46.1 Å². The van der Waals surface area contributed by atoms with Gasteiger partial charge >= 0.3 is 0 Å². The number of benzene rings is 2. The first kappa shape index (κ1) is 18.3. The van der Waals surface area contributed by atoms with Gasteiger partial charge in [0.1, 0.15) is 5.75 Å². The van der Waals surface area contributed by atoms with Crippen LogP contribution in [-0.2, 0) is 4.79 Å². The molecule has 0 aliphatic carbocycles. The van der Waals surface area contributed by atoms with E-state index in [1.807, 2.05) is 44.2 Å². The second-order valence-electron chi connectivity index (χ2n) is 6.13. The molecule has 128 valence electrons. The molecular weight excluding hydrogens is 322 g/mol. The fourth-order valence-electron chi connectivity index (χ4n) is 2.56. The van der Waals surface area contributed by atoms with E-state index in [1.165, 1.54) is 0 Å². The Bertz CT molecular complexity index is 713. The quantitative estimate of drug-likeness (QED) is 0.743. The van der Waals surface area contributed by atoms with Crippen LogP contribution in [0.15, 0.2) is 42.5 Å². The molecule has 4 heteroatoms. The molecule has 3 nitrogen and oxygen atoms in total. The fraction of sp³-hybridized carbons (Fsp3) is 0.350. The Morgan fingerprint density at radius 3 is 2.50 bits per heavy atom. The van der Waals surface area contributed by atoms with E-state index in [9.17, 15) is 4.79 Å². The van der Waals surface area contributed by atoms with Gasteiger partial charge in [-0.3, -0.25) is 4.79 Å². The lowest BCUT2D eigenvalue weighted by atomic mass is 9.98. The van der Waals surface area contributed by atoms with Crippen LogP contribution >= 0.6 is 11.6 Å². The number of hydrogen-bond acceptors (Lipinski definition) is 2. The van der Waals surface area contributed by atoms with Gasteiger partial charge in [0.2, 0.25) is 0 Å². The van der Waals surface area contributed by atoms with Crippen LogP contribution in [0.3, 0.4) is 0 Å². The molecule has 0 bridgehead atoms. The van der Waals surface area contributed by atoms with Crippen molar-refractivity contribution in [1.82, 2.24) is 0 Å². The van der Waals surface area contributed by atoms with Crippen molar-refractivity contribution in [2.75, 3.05) is 5.32 Å². The summed E-state index contributed by atoms with van der Waals surface area (Å²) < 4.78 is 5.82. The Morgan fingerprint density at radius 1 is 1.17 bits per heavy atom. The third-order valence-electron chi connectivity index (χ3n) is 3.94. The number of hydrogen-bond donors (Lipinski definition) is 1. The van der Waals surface area contributed by atoms with Gasteiger partial charge < -0.3 is 10.1 Å². The Balaban J connectivity index is 2.20. The number of aryl methyl sites for hydroxylation is 1. The molecule has 0 aliphatic heterocycles. The van der Waals surface area contributed by atoms with Crippen molar-refractivity contribution in [1.29, 1.82) is 0 Å². The molecule has 1 N–H and O–H groups in total. The number of halogens is 1. The van der Waals surface area contributed by atoms with Gasteiger partial charge in [0, 0.05) is 5.69 Å². The predicted molar refractivity (Wildman–Crippen MR) is 100 cm³/mol. The van der Waals surface area contributed by atoms with Crippen molar-refractivity contribution in [2.24, 2.45) is 0 Å². The molecule has 0 heterocycles. The maximum atomic E-state index is 12.7. The lowest BCUT2D eigenvalue weighted by Crippen LogP contribution is -2.33. The SMILES string of the molecule is CCC(Oc1ccccc1Cl)C(=O)Nc1c(C)cccc1C(C)C. The zero-order chi connectivity index (χ0) is 17.7. The first-order chi connectivity index (χ1) is 11.4. The van der Waals surface area contributed by atoms with Gasteiger partial charge in [-0.2, -0.15) is 0 Å². The number of carbonyl (C=O) groups excluding carboxylic acids is 1. The first-order valence-electron chi connectivity index (χ1n) is 8.25. The molecule has 0 saturated heterocycles. The van der Waals surface area contributed by atoms with Gasteiger partial charge in [0.15, 0.2) is 6.10 Å². The first-order valence-corrected chi connectivity index (χ1v) is 8.63. The summed E-state index contributed by atoms with van der Waals surface area (Å²) in [6.45, 7) is 8.14. The Hall–Kier alpha value is -2.00. The Labute approximate surface area is 149 Å². The van der Waals surface area contributed by atoms with E-state index in [1.54, 1.807) is 12.1 Å². The molecular formula is C20H24ClNO2. The summed E-state index contributed by atoms with van der Waals surface area (Å²) in [7, 11) is 0. The molecule has 0 saturated carbocycles. The maximum Gasteiger partial charge on any atom is 0.265 e. The highest BCUT2D eigenvalue weighted by Gasteiger charge is 2.21. The lowest BCUT2D eigenvalue weighted by molar-refractivity contribution is -0.122. The lowest BCUT2D eigenvalue weighted by Gasteiger charge is -2.21. The standard InChI is InChI=1S/C20H24ClNO2/c1-5-17(24-18-12-7-6-11-16(18)21)20(23)22-19-14(4)9-8-10-15(19)13(2)3/h6-13,17H,5H2,1-4H3,(H,22,23). The summed E-state index contributed by atoms with van der Waals surface area (Å²) in [5.41, 5.74) is 3.04. The molecule has 0 aliphatic rings. The van der Waals surface area contributed by atoms with Gasteiger partial charge in [-0.15, -0.1) is 0 Å². The van der Waals surface area contributed by atoms with Crippen molar-refractivity contribution < 1.29 is 9.53 Å². The van der Waals surface area contributed by atoms with Gasteiger partial charge in [-0.05, 0) is 42.5 Å². The van der Waals surface area contributed by atoms with Crippen molar-refractivity contribution in [3.8, 4) is 5.75 Å². The number of anilines is 1. The average Bonchev–Trinajstić information content (AvgIpc) is 2.55. The van der Waals surface area contributed by atoms with Gasteiger partial charge in [0.05, 0.1) is 5.02 Å². The minimum absolute atomic E-state index is 0.159. The van der Waals surface area contributed by atoms with Crippen LogP contribution in [0, 0.1) is 6.92 Å². The molecule has 1 amide bonds. The van der Waals surface area contributed by atoms with Crippen LogP contribution in [0.2, 0.25) is 5.02 Å². The highest BCUT2D eigenvalue weighted by atomic mass is 35.5. The molecule has 0 fully saturated rings. The molecule has 1 atom stereocenters. The van der Waals surface area contributed by atoms with E-state index in [0.717, 1.165) is 16.8 Å². The molecule has 24 heavy (non-hydrogen) atoms. The van der Waals surface area contributed by atoms with Crippen molar-refractivity contribution in [3.05, 3.63) is 58.6 Å². The molecule has 2 rings (SSSR count). The van der Waals surface area contributed by atoms with Crippen LogP contribution in [0.25, 0.3) is 0 Å². The highest BCUT2D eigenvalue weighted by Crippen LogP contribution is 2.29. The van der Waals surface area contributed by atoms with E-state index < -0.39 is 6.10 Å². The molecule has 2 aromatic rings. The summed E-state index contributed by atoms with van der Waals surface area (Å²) in [6, 6.07) is 13.2. The Morgan fingerprint density at radius 2 is 1.88 bits per heavy atom. The van der Waals surface area contributed by atoms with E-state index in [-0.39, 0.29) is 5.91 Å². The van der Waals surface area contributed by atoms with Crippen LogP contribution in [-0.4, -0.2) is 12.0 Å². The maximum absolute atomic E-state index is 12.7. The van der Waals surface area contributed by atoms with Crippen molar-refractivity contribution in [3.63, 3.8) is 0 Å². The second-order valence-corrected chi connectivity index (χ2v) is 6.54. The van der Waals surface area contributed by atoms with Crippen LogP contribution < -0.4 is 10.1 Å². The zero-order valence-electron chi connectivity index (χ0n) is 14.6. The van der Waals surface area contributed by atoms with E-state index >= 15 is 0 Å². The van der Waals surface area contributed by atoms with Gasteiger partial charge in [-0.1, -0.05) is 62.7 Å². The predicted octanol–water partition coefficient (Wildman–Crippen LogP) is 5.57. The molecule has 1 unspecified atom stereocenters. The van der Waals surface area contributed by atoms with Crippen LogP contribution in [0.4, 0.5) is 5.69 Å². The van der Waals surface area contributed by atoms with Gasteiger partial charge in [0.25, 0.3) is 5.91 Å². The number of rotatable bonds is 6. The number of ether oxygens (including phenoxy) is 1. The highest BCUT2D eigenvalue weighted by molar-refractivity contribution is 6.32.